The molecule has 1 aliphatic heterocycles. The van der Waals surface area contributed by atoms with Crippen LogP contribution >= 0.6 is 0 Å². The molecule has 0 aromatic heterocycles. The molecule has 1 heterocycles. The van der Waals surface area contributed by atoms with Crippen LogP contribution in [-0.4, -0.2) is 35.0 Å². The number of aliphatic hydroxyl groups is 2. The number of carbonyl (C=O) groups excluding carboxylic acids is 1. The summed E-state index contributed by atoms with van der Waals surface area (Å²) < 4.78 is 5.24. The van der Waals surface area contributed by atoms with E-state index in [1.807, 2.05) is 6.92 Å². The molecule has 0 aromatic carbocycles. The van der Waals surface area contributed by atoms with Crippen molar-refractivity contribution < 1.29 is 19.7 Å². The summed E-state index contributed by atoms with van der Waals surface area (Å²) >= 11 is 0. The summed E-state index contributed by atoms with van der Waals surface area (Å²) in [6.45, 7) is 5.63. The van der Waals surface area contributed by atoms with E-state index in [2.05, 4.69) is 12.7 Å². The van der Waals surface area contributed by atoms with Crippen LogP contribution in [0.4, 0.5) is 0 Å². The van der Waals surface area contributed by atoms with E-state index in [9.17, 15) is 15.0 Å². The fraction of sp³-hybridized carbons (Fsp3) is 0.533. The number of fused-ring (bicyclic) bond motifs is 1. The summed E-state index contributed by atoms with van der Waals surface area (Å²) in [4.78, 5) is 11.6. The summed E-state index contributed by atoms with van der Waals surface area (Å²) in [5.41, 5.74) is 2.23. The number of hydrogen-bond donors (Lipinski definition) is 2. The molecule has 104 valence electrons. The lowest BCUT2D eigenvalue weighted by Gasteiger charge is -2.23. The number of rotatable bonds is 1. The molecule has 2 rings (SSSR count). The van der Waals surface area contributed by atoms with Gasteiger partial charge in [-0.3, -0.25) is 0 Å². The predicted molar refractivity (Wildman–Crippen MR) is 71.3 cm³/mol. The van der Waals surface area contributed by atoms with E-state index in [1.54, 1.807) is 6.08 Å². The Morgan fingerprint density at radius 3 is 2.95 bits per heavy atom. The van der Waals surface area contributed by atoms with E-state index in [-0.39, 0.29) is 6.61 Å². The van der Waals surface area contributed by atoms with Crippen molar-refractivity contribution >= 4 is 5.97 Å². The number of hydrogen-bond acceptors (Lipinski definition) is 4. The Bertz CT molecular complexity index is 447. The third kappa shape index (κ3) is 2.96. The van der Waals surface area contributed by atoms with Gasteiger partial charge in [0, 0.05) is 5.57 Å². The van der Waals surface area contributed by atoms with Crippen molar-refractivity contribution in [2.45, 2.75) is 38.4 Å². The molecule has 1 saturated heterocycles. The molecule has 2 aliphatic rings. The lowest BCUT2D eigenvalue weighted by atomic mass is 9.85. The quantitative estimate of drug-likeness (QED) is 0.428. The van der Waals surface area contributed by atoms with Gasteiger partial charge < -0.3 is 14.9 Å². The van der Waals surface area contributed by atoms with Crippen molar-refractivity contribution in [2.75, 3.05) is 6.61 Å². The zero-order valence-electron chi connectivity index (χ0n) is 11.1. The molecule has 19 heavy (non-hydrogen) atoms. The Labute approximate surface area is 113 Å². The summed E-state index contributed by atoms with van der Waals surface area (Å²) in [7, 11) is 0. The molecule has 0 unspecified atom stereocenters. The van der Waals surface area contributed by atoms with Gasteiger partial charge in [-0.1, -0.05) is 18.2 Å². The molecular weight excluding hydrogens is 244 g/mol. The highest BCUT2D eigenvalue weighted by Crippen LogP contribution is 2.34. The molecule has 0 spiro atoms. The second-order valence-electron chi connectivity index (χ2n) is 5.26. The van der Waals surface area contributed by atoms with Crippen LogP contribution in [0, 0.1) is 5.92 Å². The minimum absolute atomic E-state index is 0.0593. The first-order chi connectivity index (χ1) is 9.02. The zero-order valence-corrected chi connectivity index (χ0v) is 11.1. The molecule has 0 amide bonds. The van der Waals surface area contributed by atoms with Crippen molar-refractivity contribution in [3.05, 3.63) is 35.5 Å². The average Bonchev–Trinajstić information content (AvgIpc) is 2.63. The zero-order chi connectivity index (χ0) is 14.0. The number of aliphatic hydroxyl groups excluding tert-OH is 2. The predicted octanol–water partition coefficient (Wildman–Crippen LogP) is 1.49. The molecule has 2 N–H and O–H groups in total. The van der Waals surface area contributed by atoms with Gasteiger partial charge in [0.05, 0.1) is 18.6 Å². The Balaban J connectivity index is 2.34. The average molecular weight is 264 g/mol. The molecule has 3 atom stereocenters. The molecule has 0 saturated carbocycles. The number of carbonyl (C=O) groups is 1. The molecule has 0 bridgehead atoms. The van der Waals surface area contributed by atoms with Crippen LogP contribution in [0.2, 0.25) is 0 Å². The summed E-state index contributed by atoms with van der Waals surface area (Å²) in [6, 6.07) is 0. The van der Waals surface area contributed by atoms with Gasteiger partial charge in [-0.25, -0.2) is 4.79 Å². The smallest absolute Gasteiger partial charge is 0.334 e. The van der Waals surface area contributed by atoms with Gasteiger partial charge in [0.1, 0.15) is 6.10 Å². The fourth-order valence-electron chi connectivity index (χ4n) is 2.69. The second-order valence-corrected chi connectivity index (χ2v) is 5.26. The van der Waals surface area contributed by atoms with Gasteiger partial charge in [0.15, 0.2) is 0 Å². The largest absolute Gasteiger partial charge is 0.454 e. The van der Waals surface area contributed by atoms with E-state index in [0.717, 1.165) is 24.0 Å². The maximum atomic E-state index is 11.6. The lowest BCUT2D eigenvalue weighted by molar-refractivity contribution is -0.137. The van der Waals surface area contributed by atoms with Crippen molar-refractivity contribution in [2.24, 2.45) is 5.92 Å². The normalized spacial score (nSPS) is 37.7. The van der Waals surface area contributed by atoms with Gasteiger partial charge in [-0.15, -0.1) is 0 Å². The third-order valence-corrected chi connectivity index (χ3v) is 3.77. The first kappa shape index (κ1) is 14.0. The molecule has 1 fully saturated rings. The SMILES string of the molecule is C=C1C(=O)O[C@@H]2/C=C(\CO)CC/C=C(/C)C[C@H](O)[C@@H]12. The lowest BCUT2D eigenvalue weighted by Crippen LogP contribution is -2.29. The molecule has 4 nitrogen and oxygen atoms in total. The van der Waals surface area contributed by atoms with Crippen molar-refractivity contribution in [3.8, 4) is 0 Å². The minimum atomic E-state index is -0.686. The van der Waals surface area contributed by atoms with Gasteiger partial charge >= 0.3 is 5.97 Å². The van der Waals surface area contributed by atoms with Crippen LogP contribution < -0.4 is 0 Å². The topological polar surface area (TPSA) is 66.8 Å². The first-order valence-electron chi connectivity index (χ1n) is 6.57. The van der Waals surface area contributed by atoms with Crippen LogP contribution in [0.1, 0.15) is 26.2 Å². The molecule has 0 radical (unpaired) electrons. The second kappa shape index (κ2) is 5.72. The third-order valence-electron chi connectivity index (χ3n) is 3.77. The highest BCUT2D eigenvalue weighted by atomic mass is 16.6. The van der Waals surface area contributed by atoms with Gasteiger partial charge in [0.2, 0.25) is 0 Å². The molecule has 4 heteroatoms. The van der Waals surface area contributed by atoms with Gasteiger partial charge in [-0.2, -0.15) is 0 Å². The maximum absolute atomic E-state index is 11.6. The molecule has 1 aliphatic carbocycles. The Morgan fingerprint density at radius 2 is 2.26 bits per heavy atom. The standard InChI is InChI=1S/C15H20O4/c1-9-4-3-5-11(8-16)7-13-14(12(17)6-9)10(2)15(18)19-13/h4,7,12-14,16-17H,2-3,5-6,8H2,1H3/b9-4-,11-7-/t12-,13+,14+/m0/s1. The summed E-state index contributed by atoms with van der Waals surface area (Å²) in [5, 5.41) is 19.6. The van der Waals surface area contributed by atoms with Crippen molar-refractivity contribution in [1.82, 2.24) is 0 Å². The molecule has 0 aromatic rings. The van der Waals surface area contributed by atoms with E-state index in [1.165, 1.54) is 0 Å². The van der Waals surface area contributed by atoms with Crippen LogP contribution in [-0.2, 0) is 9.53 Å². The van der Waals surface area contributed by atoms with E-state index in [4.69, 9.17) is 4.74 Å². The maximum Gasteiger partial charge on any atom is 0.334 e. The van der Waals surface area contributed by atoms with Gasteiger partial charge in [0.25, 0.3) is 0 Å². The van der Waals surface area contributed by atoms with Crippen LogP contribution in [0.5, 0.6) is 0 Å². The van der Waals surface area contributed by atoms with Crippen molar-refractivity contribution in [1.29, 1.82) is 0 Å². The van der Waals surface area contributed by atoms with Crippen LogP contribution in [0.15, 0.2) is 35.5 Å². The Hall–Kier alpha value is -1.39. The summed E-state index contributed by atoms with van der Waals surface area (Å²) in [5.74, 6) is -0.876. The van der Waals surface area contributed by atoms with E-state index < -0.39 is 24.1 Å². The van der Waals surface area contributed by atoms with E-state index in [0.29, 0.717) is 12.0 Å². The van der Waals surface area contributed by atoms with Gasteiger partial charge in [-0.05, 0) is 37.8 Å². The number of esters is 1. The van der Waals surface area contributed by atoms with Crippen LogP contribution in [0.3, 0.4) is 0 Å². The Morgan fingerprint density at radius 1 is 1.53 bits per heavy atom. The Kier molecular flexibility index (Phi) is 4.22. The summed E-state index contributed by atoms with van der Waals surface area (Å²) in [6.07, 6.45) is 4.69. The fourth-order valence-corrected chi connectivity index (χ4v) is 2.69. The van der Waals surface area contributed by atoms with E-state index >= 15 is 0 Å². The first-order valence-corrected chi connectivity index (χ1v) is 6.57. The molecular formula is C15H20O4. The highest BCUT2D eigenvalue weighted by Gasteiger charge is 2.41. The monoisotopic (exact) mass is 264 g/mol. The number of allylic oxidation sites excluding steroid dienone is 1. The van der Waals surface area contributed by atoms with Crippen molar-refractivity contribution in [3.63, 3.8) is 0 Å². The van der Waals surface area contributed by atoms with Crippen LogP contribution in [0.25, 0.3) is 0 Å². The number of ether oxygens (including phenoxy) is 1. The minimum Gasteiger partial charge on any atom is -0.454 e. The highest BCUT2D eigenvalue weighted by molar-refractivity contribution is 5.91.